The van der Waals surface area contributed by atoms with E-state index in [-0.39, 0.29) is 30.4 Å². The summed E-state index contributed by atoms with van der Waals surface area (Å²) >= 11 is 3.41. The quantitative estimate of drug-likeness (QED) is 0.555. The SMILES string of the molecule is CC(=O)NC(CCN1CCC2(CC1)NC(=O)N(Cc1ccc(Br)cc1)C2=O)c1ccccc1. The summed E-state index contributed by atoms with van der Waals surface area (Å²) in [5.41, 5.74) is 1.20. The van der Waals surface area contributed by atoms with Crippen LogP contribution in [0.3, 0.4) is 0 Å². The van der Waals surface area contributed by atoms with E-state index in [1.54, 1.807) is 0 Å². The molecule has 4 rings (SSSR count). The van der Waals surface area contributed by atoms with E-state index in [4.69, 9.17) is 0 Å². The second-order valence-electron chi connectivity index (χ2n) is 8.82. The third-order valence-electron chi connectivity index (χ3n) is 6.52. The number of halogens is 1. The maximum absolute atomic E-state index is 13.2. The number of amides is 4. The second-order valence-corrected chi connectivity index (χ2v) is 9.74. The number of likely N-dealkylation sites (tertiary alicyclic amines) is 1. The Balaban J connectivity index is 1.34. The third kappa shape index (κ3) is 5.45. The summed E-state index contributed by atoms with van der Waals surface area (Å²) in [6.45, 7) is 4.06. The van der Waals surface area contributed by atoms with Crippen molar-refractivity contribution in [2.45, 2.75) is 44.3 Å². The van der Waals surface area contributed by atoms with E-state index in [0.29, 0.717) is 12.8 Å². The number of imide groups is 1. The van der Waals surface area contributed by atoms with Crippen LogP contribution in [0.5, 0.6) is 0 Å². The first-order valence-corrected chi connectivity index (χ1v) is 12.1. The van der Waals surface area contributed by atoms with Gasteiger partial charge < -0.3 is 15.5 Å². The van der Waals surface area contributed by atoms with Crippen molar-refractivity contribution in [3.05, 3.63) is 70.2 Å². The van der Waals surface area contributed by atoms with Gasteiger partial charge in [0.15, 0.2) is 0 Å². The molecule has 7 nitrogen and oxygen atoms in total. The molecule has 174 valence electrons. The zero-order valence-corrected chi connectivity index (χ0v) is 20.3. The van der Waals surface area contributed by atoms with Crippen molar-refractivity contribution in [3.63, 3.8) is 0 Å². The van der Waals surface area contributed by atoms with Crippen molar-refractivity contribution in [2.75, 3.05) is 19.6 Å². The van der Waals surface area contributed by atoms with Gasteiger partial charge in [-0.25, -0.2) is 4.79 Å². The average molecular weight is 513 g/mol. The molecule has 2 aliphatic rings. The van der Waals surface area contributed by atoms with Crippen molar-refractivity contribution in [2.24, 2.45) is 0 Å². The Bertz CT molecular complexity index is 1000. The van der Waals surface area contributed by atoms with E-state index in [0.717, 1.165) is 41.7 Å². The monoisotopic (exact) mass is 512 g/mol. The Labute approximate surface area is 202 Å². The number of carbonyl (C=O) groups is 3. The van der Waals surface area contributed by atoms with E-state index in [2.05, 4.69) is 31.5 Å². The Morgan fingerprint density at radius 2 is 1.76 bits per heavy atom. The molecule has 2 aliphatic heterocycles. The molecule has 0 aliphatic carbocycles. The highest BCUT2D eigenvalue weighted by atomic mass is 79.9. The maximum atomic E-state index is 13.2. The predicted octanol–water partition coefficient (Wildman–Crippen LogP) is 3.60. The van der Waals surface area contributed by atoms with E-state index in [9.17, 15) is 14.4 Å². The summed E-state index contributed by atoms with van der Waals surface area (Å²) in [6.07, 6.45) is 1.96. The smallest absolute Gasteiger partial charge is 0.325 e. The fourth-order valence-corrected chi connectivity index (χ4v) is 4.92. The predicted molar refractivity (Wildman–Crippen MR) is 129 cm³/mol. The van der Waals surface area contributed by atoms with E-state index in [1.807, 2.05) is 54.6 Å². The molecule has 0 bridgehead atoms. The van der Waals surface area contributed by atoms with Crippen LogP contribution >= 0.6 is 15.9 Å². The van der Waals surface area contributed by atoms with Gasteiger partial charge in [0.2, 0.25) is 5.91 Å². The van der Waals surface area contributed by atoms with Crippen LogP contribution in [0.4, 0.5) is 4.79 Å². The molecule has 0 aromatic heterocycles. The summed E-state index contributed by atoms with van der Waals surface area (Å²) in [7, 11) is 0. The van der Waals surface area contributed by atoms with Gasteiger partial charge in [0.1, 0.15) is 5.54 Å². The molecule has 2 N–H and O–H groups in total. The van der Waals surface area contributed by atoms with Gasteiger partial charge in [-0.1, -0.05) is 58.4 Å². The average Bonchev–Trinajstić information content (AvgIpc) is 3.03. The van der Waals surface area contributed by atoms with Crippen molar-refractivity contribution in [1.82, 2.24) is 20.4 Å². The lowest BCUT2D eigenvalue weighted by atomic mass is 9.87. The lowest BCUT2D eigenvalue weighted by molar-refractivity contribution is -0.133. The van der Waals surface area contributed by atoms with Gasteiger partial charge in [-0.05, 0) is 42.5 Å². The molecule has 0 radical (unpaired) electrons. The number of benzene rings is 2. The maximum Gasteiger partial charge on any atom is 0.325 e. The normalized spacial score (nSPS) is 18.9. The molecule has 1 atom stereocenters. The molecule has 1 unspecified atom stereocenters. The van der Waals surface area contributed by atoms with Gasteiger partial charge in [-0.3, -0.25) is 14.5 Å². The van der Waals surface area contributed by atoms with Gasteiger partial charge in [-0.15, -0.1) is 0 Å². The molecule has 2 fully saturated rings. The topological polar surface area (TPSA) is 81.8 Å². The highest BCUT2D eigenvalue weighted by molar-refractivity contribution is 9.10. The van der Waals surface area contributed by atoms with Gasteiger partial charge in [0, 0.05) is 31.0 Å². The molecule has 1 spiro atoms. The minimum absolute atomic E-state index is 0.0474. The van der Waals surface area contributed by atoms with Crippen molar-refractivity contribution < 1.29 is 14.4 Å². The lowest BCUT2D eigenvalue weighted by Gasteiger charge is -2.37. The van der Waals surface area contributed by atoms with Gasteiger partial charge >= 0.3 is 6.03 Å². The van der Waals surface area contributed by atoms with Gasteiger partial charge in [-0.2, -0.15) is 0 Å². The number of piperidine rings is 1. The Morgan fingerprint density at radius 3 is 2.39 bits per heavy atom. The zero-order valence-electron chi connectivity index (χ0n) is 18.7. The van der Waals surface area contributed by atoms with Crippen molar-refractivity contribution >= 4 is 33.8 Å². The Hall–Kier alpha value is -2.71. The van der Waals surface area contributed by atoms with Crippen LogP contribution in [0.1, 0.15) is 43.4 Å². The number of nitrogens with one attached hydrogen (secondary N) is 2. The number of urea groups is 1. The molecule has 2 saturated heterocycles. The molecule has 33 heavy (non-hydrogen) atoms. The standard InChI is InChI=1S/C25H29BrN4O3/c1-18(31)27-22(20-5-3-2-4-6-20)11-14-29-15-12-25(13-16-29)23(32)30(24(33)28-25)17-19-7-9-21(26)10-8-19/h2-10,22H,11-17H2,1H3,(H,27,31)(H,28,33). The minimum atomic E-state index is -0.806. The molecule has 2 aromatic carbocycles. The number of hydrogen-bond donors (Lipinski definition) is 2. The first kappa shape index (κ1) is 23.4. The van der Waals surface area contributed by atoms with Crippen LogP contribution in [0.2, 0.25) is 0 Å². The number of nitrogens with zero attached hydrogens (tertiary/aromatic N) is 2. The fourth-order valence-electron chi connectivity index (χ4n) is 4.65. The zero-order chi connectivity index (χ0) is 23.4. The van der Waals surface area contributed by atoms with Crippen molar-refractivity contribution in [3.8, 4) is 0 Å². The largest absolute Gasteiger partial charge is 0.349 e. The van der Waals surface area contributed by atoms with E-state index in [1.165, 1.54) is 11.8 Å². The van der Waals surface area contributed by atoms with Gasteiger partial charge in [0.25, 0.3) is 5.91 Å². The molecular weight excluding hydrogens is 484 g/mol. The molecule has 8 heteroatoms. The Morgan fingerprint density at radius 1 is 1.09 bits per heavy atom. The summed E-state index contributed by atoms with van der Waals surface area (Å²) < 4.78 is 0.959. The van der Waals surface area contributed by atoms with Crippen LogP contribution in [-0.2, 0) is 16.1 Å². The third-order valence-corrected chi connectivity index (χ3v) is 7.05. The van der Waals surface area contributed by atoms with Crippen LogP contribution in [-0.4, -0.2) is 52.8 Å². The number of hydrogen-bond acceptors (Lipinski definition) is 4. The first-order chi connectivity index (χ1) is 15.9. The lowest BCUT2D eigenvalue weighted by Crippen LogP contribution is -2.55. The highest BCUT2D eigenvalue weighted by Crippen LogP contribution is 2.31. The van der Waals surface area contributed by atoms with Gasteiger partial charge in [0.05, 0.1) is 12.6 Å². The summed E-state index contributed by atoms with van der Waals surface area (Å²) in [4.78, 5) is 41.2. The summed E-state index contributed by atoms with van der Waals surface area (Å²) in [5.74, 6) is -0.179. The van der Waals surface area contributed by atoms with Crippen LogP contribution in [0.25, 0.3) is 0 Å². The van der Waals surface area contributed by atoms with E-state index >= 15 is 0 Å². The summed E-state index contributed by atoms with van der Waals surface area (Å²) in [5, 5.41) is 6.03. The van der Waals surface area contributed by atoms with Crippen molar-refractivity contribution in [1.29, 1.82) is 0 Å². The van der Waals surface area contributed by atoms with E-state index < -0.39 is 5.54 Å². The molecule has 2 aromatic rings. The van der Waals surface area contributed by atoms with Crippen LogP contribution < -0.4 is 10.6 Å². The number of carbonyl (C=O) groups excluding carboxylic acids is 3. The van der Waals surface area contributed by atoms with Crippen LogP contribution in [0.15, 0.2) is 59.1 Å². The molecule has 0 saturated carbocycles. The Kier molecular flexibility index (Phi) is 7.14. The molecule has 4 amide bonds. The molecular formula is C25H29BrN4O3. The second kappa shape index (κ2) is 10.1. The van der Waals surface area contributed by atoms with Crippen LogP contribution in [0, 0.1) is 0 Å². The number of rotatable bonds is 7. The minimum Gasteiger partial charge on any atom is -0.349 e. The molecule has 2 heterocycles. The fraction of sp³-hybridized carbons (Fsp3) is 0.400. The highest BCUT2D eigenvalue weighted by Gasteiger charge is 2.52. The summed E-state index contributed by atoms with van der Waals surface area (Å²) in [6, 6.07) is 17.2. The first-order valence-electron chi connectivity index (χ1n) is 11.3.